The van der Waals surface area contributed by atoms with Crippen LogP contribution in [-0.4, -0.2) is 53.5 Å². The second-order valence-corrected chi connectivity index (χ2v) is 10.1. The van der Waals surface area contributed by atoms with E-state index in [-0.39, 0.29) is 36.1 Å². The molecule has 2 aliphatic rings. The van der Waals surface area contributed by atoms with Crippen LogP contribution in [-0.2, 0) is 22.7 Å². The molecule has 2 amide bonds. The van der Waals surface area contributed by atoms with Crippen molar-refractivity contribution in [2.75, 3.05) is 19.6 Å². The van der Waals surface area contributed by atoms with Gasteiger partial charge < -0.3 is 15.7 Å². The molecule has 1 aliphatic carbocycles. The van der Waals surface area contributed by atoms with E-state index in [2.05, 4.69) is 15.5 Å². The Morgan fingerprint density at radius 1 is 0.949 bits per heavy atom. The van der Waals surface area contributed by atoms with Crippen LogP contribution >= 0.6 is 0 Å². The van der Waals surface area contributed by atoms with E-state index in [0.29, 0.717) is 32.4 Å². The maximum Gasteiger partial charge on any atom is 0.416 e. The lowest BCUT2D eigenvalue weighted by Crippen LogP contribution is -2.45. The summed E-state index contributed by atoms with van der Waals surface area (Å²) in [7, 11) is 0. The quantitative estimate of drug-likeness (QED) is 0.458. The number of likely N-dealkylation sites (tertiary alicyclic amines) is 1. The van der Waals surface area contributed by atoms with Crippen LogP contribution in [0.5, 0.6) is 0 Å². The average Bonchev–Trinajstić information content (AvgIpc) is 3.35. The minimum atomic E-state index is -4.59. The lowest BCUT2D eigenvalue weighted by molar-refractivity contribution is -0.142. The number of benzene rings is 2. The summed E-state index contributed by atoms with van der Waals surface area (Å²) in [5, 5.41) is 16.2. The Kier molecular flexibility index (Phi) is 8.27. The van der Waals surface area contributed by atoms with E-state index in [1.54, 1.807) is 0 Å². The number of carbonyl (C=O) groups is 2. The van der Waals surface area contributed by atoms with Crippen molar-refractivity contribution in [2.24, 2.45) is 0 Å². The molecule has 4 rings (SSSR count). The van der Waals surface area contributed by atoms with Gasteiger partial charge in [0.15, 0.2) is 0 Å². The number of hydrogen-bond acceptors (Lipinski definition) is 4. The molecule has 1 saturated heterocycles. The monoisotopic (exact) mass is 557 g/mol. The van der Waals surface area contributed by atoms with Crippen LogP contribution in [0.4, 0.5) is 26.3 Å². The van der Waals surface area contributed by atoms with Gasteiger partial charge in [0.1, 0.15) is 0 Å². The smallest absolute Gasteiger partial charge is 0.385 e. The van der Waals surface area contributed by atoms with Gasteiger partial charge in [0.25, 0.3) is 5.91 Å². The van der Waals surface area contributed by atoms with Crippen LogP contribution in [0.3, 0.4) is 0 Å². The molecular weight excluding hydrogens is 528 g/mol. The van der Waals surface area contributed by atoms with Gasteiger partial charge in [-0.3, -0.25) is 14.5 Å². The van der Waals surface area contributed by atoms with Gasteiger partial charge in [-0.15, -0.1) is 0 Å². The first kappa shape index (κ1) is 28.9. The van der Waals surface area contributed by atoms with Crippen LogP contribution in [0.15, 0.2) is 48.5 Å². The van der Waals surface area contributed by atoms with Gasteiger partial charge in [-0.2, -0.15) is 26.3 Å². The Hall–Kier alpha value is -3.12. The normalized spacial score (nSPS) is 24.4. The molecule has 6 nitrogen and oxygen atoms in total. The second kappa shape index (κ2) is 11.2. The molecule has 1 unspecified atom stereocenters. The average molecular weight is 558 g/mol. The molecule has 0 radical (unpaired) electrons. The molecule has 12 heteroatoms. The fourth-order valence-electron chi connectivity index (χ4n) is 5.47. The summed E-state index contributed by atoms with van der Waals surface area (Å²) >= 11 is 0. The Labute approximate surface area is 221 Å². The Balaban J connectivity index is 1.25. The Morgan fingerprint density at radius 3 is 2.31 bits per heavy atom. The maximum atomic E-state index is 13.5. The highest BCUT2D eigenvalue weighted by atomic mass is 19.4. The minimum Gasteiger partial charge on any atom is -0.385 e. The number of hydrogen-bond donors (Lipinski definition) is 3. The van der Waals surface area contributed by atoms with Gasteiger partial charge in [0.05, 0.1) is 23.3 Å². The number of nitrogens with zero attached hydrogens (tertiary/aromatic N) is 1. The van der Waals surface area contributed by atoms with E-state index >= 15 is 0 Å². The zero-order chi connectivity index (χ0) is 28.4. The van der Waals surface area contributed by atoms with E-state index in [4.69, 9.17) is 0 Å². The number of carbonyl (C=O) groups excluding carboxylic acids is 2. The van der Waals surface area contributed by atoms with E-state index < -0.39 is 47.4 Å². The SMILES string of the molecule is O=C(CNC(=O)c1cccc(C(F)(F)F)c1)NC1CCN(C2CCC(O)(c3ccccc3C(F)(F)F)CC2)C1. The van der Waals surface area contributed by atoms with Crippen LogP contribution < -0.4 is 10.6 Å². The molecular formula is C27H29F6N3O3. The van der Waals surface area contributed by atoms with Gasteiger partial charge in [-0.25, -0.2) is 0 Å². The highest BCUT2D eigenvalue weighted by Gasteiger charge is 2.44. The minimum absolute atomic E-state index is 0.0471. The summed E-state index contributed by atoms with van der Waals surface area (Å²) in [5.74, 6) is -1.28. The molecule has 212 valence electrons. The first-order valence-corrected chi connectivity index (χ1v) is 12.6. The molecule has 1 atom stereocenters. The van der Waals surface area contributed by atoms with E-state index in [0.717, 1.165) is 24.3 Å². The fourth-order valence-corrected chi connectivity index (χ4v) is 5.47. The zero-order valence-electron chi connectivity index (χ0n) is 20.9. The van der Waals surface area contributed by atoms with E-state index in [9.17, 15) is 41.0 Å². The summed E-state index contributed by atoms with van der Waals surface area (Å²) < 4.78 is 79.0. The number of aliphatic hydroxyl groups is 1. The number of halogens is 6. The van der Waals surface area contributed by atoms with Crippen LogP contribution in [0.25, 0.3) is 0 Å². The van der Waals surface area contributed by atoms with Gasteiger partial charge in [-0.1, -0.05) is 24.3 Å². The molecule has 1 aliphatic heterocycles. The third-order valence-electron chi connectivity index (χ3n) is 7.48. The maximum absolute atomic E-state index is 13.5. The first-order valence-electron chi connectivity index (χ1n) is 12.6. The first-order chi connectivity index (χ1) is 18.3. The molecule has 2 fully saturated rings. The van der Waals surface area contributed by atoms with Crippen molar-refractivity contribution in [3.63, 3.8) is 0 Å². The molecule has 1 saturated carbocycles. The van der Waals surface area contributed by atoms with E-state index in [1.165, 1.54) is 24.3 Å². The highest BCUT2D eigenvalue weighted by molar-refractivity contribution is 5.96. The third kappa shape index (κ3) is 6.91. The predicted octanol–water partition coefficient (Wildman–Crippen LogP) is 4.47. The lowest BCUT2D eigenvalue weighted by atomic mass is 9.75. The standard InChI is InChI=1S/C27H29F6N3O3/c28-26(29,30)18-5-3-4-17(14-18)24(38)34-15-23(37)35-19-10-13-36(16-19)20-8-11-25(39,12-9-20)21-6-1-2-7-22(21)27(31,32)33/h1-7,14,19-20,39H,8-13,15-16H2,(H,34,38)(H,35,37). The second-order valence-electron chi connectivity index (χ2n) is 10.1. The molecule has 0 bridgehead atoms. The summed E-state index contributed by atoms with van der Waals surface area (Å²) in [4.78, 5) is 26.7. The largest absolute Gasteiger partial charge is 0.416 e. The van der Waals surface area contributed by atoms with Crippen molar-refractivity contribution in [3.8, 4) is 0 Å². The molecule has 2 aromatic carbocycles. The van der Waals surface area contributed by atoms with Crippen molar-refractivity contribution >= 4 is 11.8 Å². The third-order valence-corrected chi connectivity index (χ3v) is 7.48. The molecule has 1 heterocycles. The van der Waals surface area contributed by atoms with Crippen LogP contribution in [0, 0.1) is 0 Å². The van der Waals surface area contributed by atoms with Gasteiger partial charge in [0, 0.05) is 30.7 Å². The lowest BCUT2D eigenvalue weighted by Gasteiger charge is -2.40. The molecule has 39 heavy (non-hydrogen) atoms. The molecule has 3 N–H and O–H groups in total. The Morgan fingerprint density at radius 2 is 1.64 bits per heavy atom. The zero-order valence-corrected chi connectivity index (χ0v) is 20.9. The summed E-state index contributed by atoms with van der Waals surface area (Å²) in [6, 6.07) is 8.85. The molecule has 0 spiro atoms. The van der Waals surface area contributed by atoms with Crippen molar-refractivity contribution in [1.82, 2.24) is 15.5 Å². The van der Waals surface area contributed by atoms with Crippen LogP contribution in [0.1, 0.15) is 59.2 Å². The molecule has 2 aromatic rings. The summed E-state index contributed by atoms with van der Waals surface area (Å²) in [6.07, 6.45) is -7.17. The summed E-state index contributed by atoms with van der Waals surface area (Å²) in [5.41, 5.74) is -3.66. The van der Waals surface area contributed by atoms with Crippen molar-refractivity contribution < 1.29 is 41.0 Å². The summed E-state index contributed by atoms with van der Waals surface area (Å²) in [6.45, 7) is 0.764. The van der Waals surface area contributed by atoms with Gasteiger partial charge in [-0.05, 0) is 61.9 Å². The number of rotatable bonds is 6. The highest BCUT2D eigenvalue weighted by Crippen LogP contribution is 2.44. The van der Waals surface area contributed by atoms with Crippen LogP contribution in [0.2, 0.25) is 0 Å². The Bertz CT molecular complexity index is 1190. The van der Waals surface area contributed by atoms with Crippen molar-refractivity contribution in [1.29, 1.82) is 0 Å². The number of alkyl halides is 6. The predicted molar refractivity (Wildman–Crippen MR) is 129 cm³/mol. The van der Waals surface area contributed by atoms with Crippen molar-refractivity contribution in [2.45, 2.75) is 62.1 Å². The van der Waals surface area contributed by atoms with Gasteiger partial charge >= 0.3 is 12.4 Å². The fraction of sp³-hybridized carbons (Fsp3) is 0.481. The van der Waals surface area contributed by atoms with E-state index in [1.807, 2.05) is 0 Å². The van der Waals surface area contributed by atoms with Gasteiger partial charge in [0.2, 0.25) is 5.91 Å². The number of nitrogens with one attached hydrogen (secondary N) is 2. The topological polar surface area (TPSA) is 81.7 Å². The molecule has 0 aromatic heterocycles. The van der Waals surface area contributed by atoms with Crippen molar-refractivity contribution in [3.05, 3.63) is 70.8 Å². The number of amides is 2.